The van der Waals surface area contributed by atoms with Gasteiger partial charge in [-0.15, -0.1) is 0 Å². The van der Waals surface area contributed by atoms with Crippen molar-refractivity contribution in [2.75, 3.05) is 6.54 Å². The maximum absolute atomic E-state index is 9.31. The summed E-state index contributed by atoms with van der Waals surface area (Å²) < 4.78 is 0. The molecule has 0 saturated heterocycles. The largest absolute Gasteiger partial charge is 0.508 e. The Morgan fingerprint density at radius 3 is 2.50 bits per heavy atom. The molecule has 1 aromatic carbocycles. The van der Waals surface area contributed by atoms with Gasteiger partial charge < -0.3 is 10.4 Å². The van der Waals surface area contributed by atoms with Crippen molar-refractivity contribution < 1.29 is 5.11 Å². The lowest BCUT2D eigenvalue weighted by Gasteiger charge is -2.18. The van der Waals surface area contributed by atoms with E-state index in [9.17, 15) is 5.11 Å². The molecule has 2 N–H and O–H groups in total. The van der Waals surface area contributed by atoms with Gasteiger partial charge in [-0.1, -0.05) is 19.1 Å². The molecule has 0 amide bonds. The molecule has 2 nitrogen and oxygen atoms in total. The predicted octanol–water partition coefficient (Wildman–Crippen LogP) is 3.66. The highest BCUT2D eigenvalue weighted by Gasteiger charge is 2.14. The maximum atomic E-state index is 9.31. The summed E-state index contributed by atoms with van der Waals surface area (Å²) in [5.74, 6) is 0.325. The lowest BCUT2D eigenvalue weighted by molar-refractivity contribution is 0.474. The van der Waals surface area contributed by atoms with Gasteiger partial charge >= 0.3 is 0 Å². The first-order chi connectivity index (χ1) is 8.70. The van der Waals surface area contributed by atoms with Crippen LogP contribution in [0.15, 0.2) is 35.0 Å². The quantitative estimate of drug-likeness (QED) is 0.861. The van der Waals surface area contributed by atoms with E-state index in [2.05, 4.69) is 29.9 Å². The van der Waals surface area contributed by atoms with Crippen molar-refractivity contribution in [3.05, 3.63) is 51.7 Å². The number of hydrogen-bond donors (Lipinski definition) is 2. The molecule has 0 radical (unpaired) electrons. The third-order valence-corrected chi connectivity index (χ3v) is 3.98. The average Bonchev–Trinajstić information content (AvgIpc) is 2.78. The molecular weight excluding hydrogens is 242 g/mol. The summed E-state index contributed by atoms with van der Waals surface area (Å²) in [5.41, 5.74) is 3.98. The number of phenolic OH excluding ortho intramolecular Hbond substituents is 1. The van der Waals surface area contributed by atoms with Crippen LogP contribution in [0.1, 0.15) is 29.7 Å². The van der Waals surface area contributed by atoms with E-state index in [0.717, 1.165) is 13.0 Å². The molecule has 2 rings (SSSR count). The number of aromatic hydroxyl groups is 1. The van der Waals surface area contributed by atoms with E-state index in [-0.39, 0.29) is 0 Å². The SMILES string of the molecule is CCNC(Cc1ccc(O)cc1)c1cscc1C. The van der Waals surface area contributed by atoms with Crippen LogP contribution in [-0.2, 0) is 6.42 Å². The first kappa shape index (κ1) is 13.1. The molecule has 0 aliphatic carbocycles. The Balaban J connectivity index is 2.16. The topological polar surface area (TPSA) is 32.3 Å². The van der Waals surface area contributed by atoms with E-state index < -0.39 is 0 Å². The molecule has 0 aliphatic rings. The highest BCUT2D eigenvalue weighted by atomic mass is 32.1. The maximum Gasteiger partial charge on any atom is 0.115 e. The second-order valence-electron chi connectivity index (χ2n) is 4.49. The van der Waals surface area contributed by atoms with Gasteiger partial charge in [0.2, 0.25) is 0 Å². The van der Waals surface area contributed by atoms with Gasteiger partial charge in [0.25, 0.3) is 0 Å². The van der Waals surface area contributed by atoms with Crippen molar-refractivity contribution >= 4 is 11.3 Å². The van der Waals surface area contributed by atoms with Crippen LogP contribution in [0, 0.1) is 6.92 Å². The van der Waals surface area contributed by atoms with Gasteiger partial charge in [-0.2, -0.15) is 11.3 Å². The van der Waals surface area contributed by atoms with Crippen LogP contribution < -0.4 is 5.32 Å². The molecule has 1 atom stereocenters. The minimum absolute atomic E-state index is 0.325. The number of thiophene rings is 1. The fraction of sp³-hybridized carbons (Fsp3) is 0.333. The van der Waals surface area contributed by atoms with E-state index in [4.69, 9.17) is 0 Å². The Labute approximate surface area is 112 Å². The number of nitrogens with one attached hydrogen (secondary N) is 1. The summed E-state index contributed by atoms with van der Waals surface area (Å²) in [5, 5.41) is 17.3. The fourth-order valence-corrected chi connectivity index (χ4v) is 3.04. The predicted molar refractivity (Wildman–Crippen MR) is 77.3 cm³/mol. The van der Waals surface area contributed by atoms with Crippen LogP contribution in [0.5, 0.6) is 5.75 Å². The van der Waals surface area contributed by atoms with Crippen LogP contribution in [-0.4, -0.2) is 11.7 Å². The second kappa shape index (κ2) is 6.03. The van der Waals surface area contributed by atoms with Crippen LogP contribution in [0.25, 0.3) is 0 Å². The Kier molecular flexibility index (Phi) is 4.39. The van der Waals surface area contributed by atoms with Crippen LogP contribution in [0.3, 0.4) is 0 Å². The fourth-order valence-electron chi connectivity index (χ4n) is 2.13. The smallest absolute Gasteiger partial charge is 0.115 e. The van der Waals surface area contributed by atoms with Crippen molar-refractivity contribution in [2.45, 2.75) is 26.3 Å². The minimum atomic E-state index is 0.325. The van der Waals surface area contributed by atoms with Crippen molar-refractivity contribution in [2.24, 2.45) is 0 Å². The number of phenols is 1. The molecule has 0 saturated carbocycles. The molecular formula is C15H19NOS. The van der Waals surface area contributed by atoms with Gasteiger partial charge in [-0.3, -0.25) is 0 Å². The zero-order valence-electron chi connectivity index (χ0n) is 10.8. The third-order valence-electron chi connectivity index (χ3n) is 3.10. The molecule has 0 aliphatic heterocycles. The minimum Gasteiger partial charge on any atom is -0.508 e. The molecule has 96 valence electrons. The van der Waals surface area contributed by atoms with Gasteiger partial charge in [-0.25, -0.2) is 0 Å². The van der Waals surface area contributed by atoms with Crippen LogP contribution in [0.4, 0.5) is 0 Å². The standard InChI is InChI=1S/C15H19NOS/c1-3-16-15(14-10-18-9-11(14)2)8-12-4-6-13(17)7-5-12/h4-7,9-10,15-17H,3,8H2,1-2H3. The van der Waals surface area contributed by atoms with Crippen molar-refractivity contribution in [1.29, 1.82) is 0 Å². The monoisotopic (exact) mass is 261 g/mol. The first-order valence-electron chi connectivity index (χ1n) is 6.24. The van der Waals surface area contributed by atoms with Gasteiger partial charge in [0, 0.05) is 6.04 Å². The molecule has 3 heteroatoms. The number of benzene rings is 1. The zero-order valence-corrected chi connectivity index (χ0v) is 11.6. The van der Waals surface area contributed by atoms with Gasteiger partial charge in [0.1, 0.15) is 5.75 Å². The average molecular weight is 261 g/mol. The van der Waals surface area contributed by atoms with Crippen LogP contribution in [0.2, 0.25) is 0 Å². The summed E-state index contributed by atoms with van der Waals surface area (Å²) in [6.45, 7) is 5.25. The Morgan fingerprint density at radius 1 is 1.22 bits per heavy atom. The van der Waals surface area contributed by atoms with E-state index in [0.29, 0.717) is 11.8 Å². The number of hydrogen-bond acceptors (Lipinski definition) is 3. The highest BCUT2D eigenvalue weighted by molar-refractivity contribution is 7.08. The van der Waals surface area contributed by atoms with Crippen molar-refractivity contribution in [3.8, 4) is 5.75 Å². The summed E-state index contributed by atoms with van der Waals surface area (Å²) in [7, 11) is 0. The van der Waals surface area contributed by atoms with Gasteiger partial charge in [0.15, 0.2) is 0 Å². The second-order valence-corrected chi connectivity index (χ2v) is 5.23. The summed E-state index contributed by atoms with van der Waals surface area (Å²) in [6, 6.07) is 7.83. The Morgan fingerprint density at radius 2 is 1.94 bits per heavy atom. The normalized spacial score (nSPS) is 12.6. The molecule has 1 aromatic heterocycles. The molecule has 1 heterocycles. The van der Waals surface area contributed by atoms with Crippen molar-refractivity contribution in [1.82, 2.24) is 5.32 Å². The van der Waals surface area contributed by atoms with E-state index >= 15 is 0 Å². The first-order valence-corrected chi connectivity index (χ1v) is 7.19. The molecule has 0 bridgehead atoms. The molecule has 0 spiro atoms. The third kappa shape index (κ3) is 3.12. The summed E-state index contributed by atoms with van der Waals surface area (Å²) >= 11 is 1.75. The van der Waals surface area contributed by atoms with E-state index in [1.54, 1.807) is 23.5 Å². The Hall–Kier alpha value is -1.32. The zero-order chi connectivity index (χ0) is 13.0. The van der Waals surface area contributed by atoms with E-state index in [1.165, 1.54) is 16.7 Å². The van der Waals surface area contributed by atoms with E-state index in [1.807, 2.05) is 12.1 Å². The molecule has 18 heavy (non-hydrogen) atoms. The lowest BCUT2D eigenvalue weighted by atomic mass is 9.98. The van der Waals surface area contributed by atoms with Crippen LogP contribution >= 0.6 is 11.3 Å². The molecule has 1 unspecified atom stereocenters. The number of likely N-dealkylation sites (N-methyl/N-ethyl adjacent to an activating group) is 1. The molecule has 0 fully saturated rings. The van der Waals surface area contributed by atoms with Gasteiger partial charge in [0.05, 0.1) is 0 Å². The Bertz CT molecular complexity index is 489. The number of rotatable bonds is 5. The summed E-state index contributed by atoms with van der Waals surface area (Å²) in [4.78, 5) is 0. The molecule has 2 aromatic rings. The number of aryl methyl sites for hydroxylation is 1. The van der Waals surface area contributed by atoms with Gasteiger partial charge in [-0.05, 0) is 59.5 Å². The highest BCUT2D eigenvalue weighted by Crippen LogP contribution is 2.25. The van der Waals surface area contributed by atoms with Crippen molar-refractivity contribution in [3.63, 3.8) is 0 Å². The summed E-state index contributed by atoms with van der Waals surface area (Å²) in [6.07, 6.45) is 0.950. The lowest BCUT2D eigenvalue weighted by Crippen LogP contribution is -2.23.